The number of Topliss-reactive ketones (excluding diaryl/α,β-unsaturated/α-hetero) is 1. The van der Waals surface area contributed by atoms with Gasteiger partial charge in [0.25, 0.3) is 0 Å². The van der Waals surface area contributed by atoms with Crippen LogP contribution in [0.2, 0.25) is 0 Å². The Labute approximate surface area is 126 Å². The third-order valence-electron chi connectivity index (χ3n) is 2.82. The molecule has 0 aromatic heterocycles. The molecule has 1 atom stereocenters. The van der Waals surface area contributed by atoms with Gasteiger partial charge in [-0.25, -0.2) is 0 Å². The lowest BCUT2D eigenvalue weighted by Gasteiger charge is -2.15. The minimum Gasteiger partial charge on any atom is -0.346 e. The van der Waals surface area contributed by atoms with Gasteiger partial charge in [-0.1, -0.05) is 39.0 Å². The zero-order valence-corrected chi connectivity index (χ0v) is 13.6. The van der Waals surface area contributed by atoms with Crippen molar-refractivity contribution in [2.24, 2.45) is 0 Å². The van der Waals surface area contributed by atoms with E-state index in [-0.39, 0.29) is 17.6 Å². The van der Waals surface area contributed by atoms with E-state index in [4.69, 9.17) is 11.6 Å². The van der Waals surface area contributed by atoms with Gasteiger partial charge in [-0.05, 0) is 12.2 Å². The van der Waals surface area contributed by atoms with Crippen LogP contribution in [0.5, 0.6) is 0 Å². The van der Waals surface area contributed by atoms with Crippen LogP contribution < -0.4 is 5.32 Å². The molecule has 0 radical (unpaired) electrons. The van der Waals surface area contributed by atoms with Crippen molar-refractivity contribution in [3.05, 3.63) is 0 Å². The molecule has 0 aromatic carbocycles. The Balaban J connectivity index is 3.63. The van der Waals surface area contributed by atoms with E-state index in [2.05, 4.69) is 12.2 Å². The molecular formula is C14H26ClNO2S. The van der Waals surface area contributed by atoms with E-state index in [0.717, 1.165) is 5.75 Å². The SMILES string of the molecule is CCCCCCCCSCC(NC(C)=O)C(=O)CCl. The molecule has 0 aliphatic heterocycles. The third kappa shape index (κ3) is 11.3. The quantitative estimate of drug-likeness (QED) is 0.444. The maximum absolute atomic E-state index is 11.5. The molecule has 0 heterocycles. The second-order valence-corrected chi connectivity index (χ2v) is 6.11. The van der Waals surface area contributed by atoms with Gasteiger partial charge in [0, 0.05) is 12.7 Å². The van der Waals surface area contributed by atoms with Crippen LogP contribution >= 0.6 is 23.4 Å². The molecule has 0 rings (SSSR count). The summed E-state index contributed by atoms with van der Waals surface area (Å²) in [7, 11) is 0. The summed E-state index contributed by atoms with van der Waals surface area (Å²) in [4.78, 5) is 22.5. The molecule has 0 fully saturated rings. The average molecular weight is 308 g/mol. The Morgan fingerprint density at radius 1 is 1.16 bits per heavy atom. The minimum atomic E-state index is -0.430. The molecular weight excluding hydrogens is 282 g/mol. The number of halogens is 1. The maximum Gasteiger partial charge on any atom is 0.217 e. The summed E-state index contributed by atoms with van der Waals surface area (Å²) in [6, 6.07) is -0.430. The Hall–Kier alpha value is -0.220. The molecule has 0 aliphatic carbocycles. The van der Waals surface area contributed by atoms with Gasteiger partial charge < -0.3 is 5.32 Å². The predicted octanol–water partition coefficient (Wildman–Crippen LogP) is 3.39. The van der Waals surface area contributed by atoms with Crippen molar-refractivity contribution in [1.29, 1.82) is 0 Å². The van der Waals surface area contributed by atoms with E-state index in [9.17, 15) is 9.59 Å². The van der Waals surface area contributed by atoms with E-state index >= 15 is 0 Å². The van der Waals surface area contributed by atoms with Gasteiger partial charge in [-0.3, -0.25) is 9.59 Å². The number of hydrogen-bond donors (Lipinski definition) is 1. The van der Waals surface area contributed by atoms with Crippen molar-refractivity contribution < 1.29 is 9.59 Å². The van der Waals surface area contributed by atoms with Crippen LogP contribution in [-0.2, 0) is 9.59 Å². The summed E-state index contributed by atoms with van der Waals surface area (Å²) in [5.41, 5.74) is 0. The zero-order chi connectivity index (χ0) is 14.5. The van der Waals surface area contributed by atoms with E-state index < -0.39 is 6.04 Å². The average Bonchev–Trinajstić information content (AvgIpc) is 2.39. The van der Waals surface area contributed by atoms with Crippen molar-refractivity contribution in [1.82, 2.24) is 5.32 Å². The summed E-state index contributed by atoms with van der Waals surface area (Å²) >= 11 is 7.25. The fourth-order valence-corrected chi connectivity index (χ4v) is 3.01. The van der Waals surface area contributed by atoms with Gasteiger partial charge in [0.15, 0.2) is 5.78 Å². The second kappa shape index (κ2) is 12.8. The van der Waals surface area contributed by atoms with Crippen molar-refractivity contribution >= 4 is 35.1 Å². The number of rotatable bonds is 12. The minimum absolute atomic E-state index is 0.0392. The van der Waals surface area contributed by atoms with E-state index in [1.165, 1.54) is 45.4 Å². The molecule has 0 saturated heterocycles. The van der Waals surface area contributed by atoms with E-state index in [0.29, 0.717) is 5.75 Å². The normalized spacial score (nSPS) is 12.2. The smallest absolute Gasteiger partial charge is 0.217 e. The first-order valence-electron chi connectivity index (χ1n) is 7.05. The third-order valence-corrected chi connectivity index (χ3v) is 4.23. The van der Waals surface area contributed by atoms with Gasteiger partial charge in [0.2, 0.25) is 5.91 Å². The van der Waals surface area contributed by atoms with Crippen LogP contribution in [0, 0.1) is 0 Å². The molecule has 0 bridgehead atoms. The molecule has 5 heteroatoms. The first-order chi connectivity index (χ1) is 9.11. The maximum atomic E-state index is 11.5. The predicted molar refractivity (Wildman–Crippen MR) is 84.0 cm³/mol. The fourth-order valence-electron chi connectivity index (χ4n) is 1.74. The van der Waals surface area contributed by atoms with Crippen molar-refractivity contribution in [3.63, 3.8) is 0 Å². The van der Waals surface area contributed by atoms with Crippen LogP contribution in [0.1, 0.15) is 52.4 Å². The second-order valence-electron chi connectivity index (χ2n) is 4.70. The largest absolute Gasteiger partial charge is 0.346 e. The number of carbonyl (C=O) groups excluding carboxylic acids is 2. The molecule has 1 unspecified atom stereocenters. The highest BCUT2D eigenvalue weighted by Gasteiger charge is 2.17. The molecule has 19 heavy (non-hydrogen) atoms. The first-order valence-corrected chi connectivity index (χ1v) is 8.74. The lowest BCUT2D eigenvalue weighted by Crippen LogP contribution is -2.42. The zero-order valence-electron chi connectivity index (χ0n) is 12.0. The van der Waals surface area contributed by atoms with Gasteiger partial charge >= 0.3 is 0 Å². The van der Waals surface area contributed by atoms with Crippen LogP contribution in [0.15, 0.2) is 0 Å². The Kier molecular flexibility index (Phi) is 12.6. The van der Waals surface area contributed by atoms with Gasteiger partial charge in [-0.2, -0.15) is 11.8 Å². The van der Waals surface area contributed by atoms with Gasteiger partial charge in [-0.15, -0.1) is 11.6 Å². The molecule has 1 amide bonds. The Bertz CT molecular complexity index is 262. The first kappa shape index (κ1) is 18.8. The van der Waals surface area contributed by atoms with Crippen LogP contribution in [0.25, 0.3) is 0 Å². The number of amides is 1. The Morgan fingerprint density at radius 2 is 1.79 bits per heavy atom. The summed E-state index contributed by atoms with van der Waals surface area (Å²) in [5.74, 6) is 1.34. The van der Waals surface area contributed by atoms with Crippen LogP contribution in [0.4, 0.5) is 0 Å². The van der Waals surface area contributed by atoms with Crippen LogP contribution in [0.3, 0.4) is 0 Å². The summed E-state index contributed by atoms with van der Waals surface area (Å²) in [5, 5.41) is 2.66. The number of alkyl halides is 1. The number of hydrogen-bond acceptors (Lipinski definition) is 3. The monoisotopic (exact) mass is 307 g/mol. The van der Waals surface area contributed by atoms with Crippen molar-refractivity contribution in [2.45, 2.75) is 58.4 Å². The fraction of sp³-hybridized carbons (Fsp3) is 0.857. The summed E-state index contributed by atoms with van der Waals surface area (Å²) < 4.78 is 0. The Morgan fingerprint density at radius 3 is 2.37 bits per heavy atom. The molecule has 0 spiro atoms. The highest BCUT2D eigenvalue weighted by molar-refractivity contribution is 7.99. The number of nitrogens with one attached hydrogen (secondary N) is 1. The molecule has 0 aromatic rings. The molecule has 0 saturated carbocycles. The van der Waals surface area contributed by atoms with Gasteiger partial charge in [0.1, 0.15) is 0 Å². The number of thioether (sulfide) groups is 1. The molecule has 0 aliphatic rings. The highest BCUT2D eigenvalue weighted by atomic mass is 35.5. The standard InChI is InChI=1S/C14H26ClNO2S/c1-3-4-5-6-7-8-9-19-11-13(14(18)10-15)16-12(2)17/h13H,3-11H2,1-2H3,(H,16,17). The van der Waals surface area contributed by atoms with E-state index in [1.54, 1.807) is 11.8 Å². The van der Waals surface area contributed by atoms with E-state index in [1.807, 2.05) is 0 Å². The van der Waals surface area contributed by atoms with Crippen LogP contribution in [-0.4, -0.2) is 35.1 Å². The summed E-state index contributed by atoms with van der Waals surface area (Å²) in [6.07, 6.45) is 7.64. The van der Waals surface area contributed by atoms with Crippen molar-refractivity contribution in [2.75, 3.05) is 17.4 Å². The molecule has 1 N–H and O–H groups in total. The lowest BCUT2D eigenvalue weighted by molar-refractivity contribution is -0.124. The lowest BCUT2D eigenvalue weighted by atomic mass is 10.1. The van der Waals surface area contributed by atoms with Gasteiger partial charge in [0.05, 0.1) is 11.9 Å². The molecule has 3 nitrogen and oxygen atoms in total. The number of carbonyl (C=O) groups is 2. The number of ketones is 1. The highest BCUT2D eigenvalue weighted by Crippen LogP contribution is 2.11. The van der Waals surface area contributed by atoms with Crippen molar-refractivity contribution in [3.8, 4) is 0 Å². The topological polar surface area (TPSA) is 46.2 Å². The summed E-state index contributed by atoms with van der Waals surface area (Å²) in [6.45, 7) is 3.64. The molecule has 112 valence electrons. The number of unbranched alkanes of at least 4 members (excludes halogenated alkanes) is 5.